The Balaban J connectivity index is 2.25. The van der Waals surface area contributed by atoms with Crippen molar-refractivity contribution >= 4 is 0 Å². The predicted octanol–water partition coefficient (Wildman–Crippen LogP) is 1.68. The molecule has 2 unspecified atom stereocenters. The van der Waals surface area contributed by atoms with Gasteiger partial charge in [-0.2, -0.15) is 0 Å². The molecule has 1 aliphatic rings. The molecule has 2 atom stereocenters. The van der Waals surface area contributed by atoms with Gasteiger partial charge in [-0.05, 0) is 36.6 Å². The van der Waals surface area contributed by atoms with E-state index in [0.717, 1.165) is 24.2 Å². The summed E-state index contributed by atoms with van der Waals surface area (Å²) >= 11 is 0. The van der Waals surface area contributed by atoms with Crippen molar-refractivity contribution in [3.05, 3.63) is 35.1 Å². The predicted molar refractivity (Wildman–Crippen MR) is 60.1 cm³/mol. The molecule has 88 valence electrons. The van der Waals surface area contributed by atoms with Crippen molar-refractivity contribution in [2.45, 2.75) is 19.4 Å². The van der Waals surface area contributed by atoms with E-state index in [1.165, 1.54) is 12.1 Å². The third-order valence-corrected chi connectivity index (χ3v) is 3.18. The molecule has 1 fully saturated rings. The normalized spacial score (nSPS) is 22.3. The van der Waals surface area contributed by atoms with Crippen LogP contribution in [0.2, 0.25) is 0 Å². The summed E-state index contributed by atoms with van der Waals surface area (Å²) in [7, 11) is 0. The molecule has 0 aliphatic carbocycles. The fourth-order valence-electron chi connectivity index (χ4n) is 2.28. The summed E-state index contributed by atoms with van der Waals surface area (Å²) < 4.78 is 18.4. The van der Waals surface area contributed by atoms with Gasteiger partial charge in [0.2, 0.25) is 0 Å². The van der Waals surface area contributed by atoms with Gasteiger partial charge in [-0.15, -0.1) is 0 Å². The summed E-state index contributed by atoms with van der Waals surface area (Å²) in [6.07, 6.45) is 0.992. The van der Waals surface area contributed by atoms with Crippen molar-refractivity contribution in [1.29, 1.82) is 0 Å². The van der Waals surface area contributed by atoms with Crippen LogP contribution in [0.4, 0.5) is 4.39 Å². The SMILES string of the molecule is Cc1cc(F)ccc1C(NN)C1CCOC1. The third-order valence-electron chi connectivity index (χ3n) is 3.18. The molecule has 1 heterocycles. The topological polar surface area (TPSA) is 47.3 Å². The Morgan fingerprint density at radius 1 is 1.56 bits per heavy atom. The van der Waals surface area contributed by atoms with Gasteiger partial charge in [-0.25, -0.2) is 4.39 Å². The first kappa shape index (κ1) is 11.5. The maximum absolute atomic E-state index is 13.0. The van der Waals surface area contributed by atoms with E-state index in [1.54, 1.807) is 6.07 Å². The highest BCUT2D eigenvalue weighted by Crippen LogP contribution is 2.30. The van der Waals surface area contributed by atoms with E-state index in [9.17, 15) is 4.39 Å². The minimum absolute atomic E-state index is 0.0445. The van der Waals surface area contributed by atoms with Crippen LogP contribution in [-0.4, -0.2) is 13.2 Å². The van der Waals surface area contributed by atoms with Crippen LogP contribution in [-0.2, 0) is 4.74 Å². The van der Waals surface area contributed by atoms with Gasteiger partial charge in [-0.1, -0.05) is 6.07 Å². The Morgan fingerprint density at radius 3 is 2.94 bits per heavy atom. The van der Waals surface area contributed by atoms with E-state index in [4.69, 9.17) is 10.6 Å². The summed E-state index contributed by atoms with van der Waals surface area (Å²) in [5.74, 6) is 5.75. The highest BCUT2D eigenvalue weighted by molar-refractivity contribution is 5.30. The minimum atomic E-state index is -0.209. The van der Waals surface area contributed by atoms with Gasteiger partial charge in [0.1, 0.15) is 5.82 Å². The monoisotopic (exact) mass is 224 g/mol. The Labute approximate surface area is 94.8 Å². The molecule has 3 N–H and O–H groups in total. The molecule has 1 aromatic carbocycles. The number of nitrogens with one attached hydrogen (secondary N) is 1. The Bertz CT molecular complexity index is 364. The number of benzene rings is 1. The van der Waals surface area contributed by atoms with Crippen molar-refractivity contribution in [2.24, 2.45) is 11.8 Å². The number of aryl methyl sites for hydroxylation is 1. The van der Waals surface area contributed by atoms with Crippen molar-refractivity contribution in [3.8, 4) is 0 Å². The number of nitrogens with two attached hydrogens (primary N) is 1. The first-order valence-corrected chi connectivity index (χ1v) is 5.52. The van der Waals surface area contributed by atoms with Gasteiger partial charge in [0.15, 0.2) is 0 Å². The average molecular weight is 224 g/mol. The number of hydrogen-bond acceptors (Lipinski definition) is 3. The molecule has 3 nitrogen and oxygen atoms in total. The third kappa shape index (κ3) is 2.24. The highest BCUT2D eigenvalue weighted by Gasteiger charge is 2.27. The zero-order valence-electron chi connectivity index (χ0n) is 9.37. The van der Waals surface area contributed by atoms with Gasteiger partial charge in [0.05, 0.1) is 12.6 Å². The lowest BCUT2D eigenvalue weighted by Gasteiger charge is -2.23. The molecule has 1 saturated heterocycles. The first-order chi connectivity index (χ1) is 7.72. The second-order valence-corrected chi connectivity index (χ2v) is 4.27. The average Bonchev–Trinajstić information content (AvgIpc) is 2.75. The molecule has 4 heteroatoms. The van der Waals surface area contributed by atoms with Crippen LogP contribution in [0.15, 0.2) is 18.2 Å². The maximum Gasteiger partial charge on any atom is 0.123 e. The lowest BCUT2D eigenvalue weighted by atomic mass is 9.90. The summed E-state index contributed by atoms with van der Waals surface area (Å²) in [6, 6.07) is 4.86. The van der Waals surface area contributed by atoms with Crippen molar-refractivity contribution in [2.75, 3.05) is 13.2 Å². The fourth-order valence-corrected chi connectivity index (χ4v) is 2.28. The molecule has 0 amide bonds. The largest absolute Gasteiger partial charge is 0.381 e. The summed E-state index contributed by atoms with van der Waals surface area (Å²) in [4.78, 5) is 0. The number of rotatable bonds is 3. The number of halogens is 1. The van der Waals surface area contributed by atoms with E-state index in [2.05, 4.69) is 5.43 Å². The molecule has 0 aromatic heterocycles. The number of hydrogen-bond donors (Lipinski definition) is 2. The van der Waals surface area contributed by atoms with Crippen molar-refractivity contribution in [1.82, 2.24) is 5.43 Å². The number of ether oxygens (including phenoxy) is 1. The van der Waals surface area contributed by atoms with Crippen LogP contribution in [0.1, 0.15) is 23.6 Å². The molecule has 0 spiro atoms. The summed E-state index contributed by atoms with van der Waals surface area (Å²) in [5.41, 5.74) is 4.80. The lowest BCUT2D eigenvalue weighted by Crippen LogP contribution is -2.34. The van der Waals surface area contributed by atoms with Crippen LogP contribution in [0.5, 0.6) is 0 Å². The van der Waals surface area contributed by atoms with Gasteiger partial charge in [0, 0.05) is 12.5 Å². The van der Waals surface area contributed by atoms with Crippen LogP contribution < -0.4 is 11.3 Å². The zero-order valence-corrected chi connectivity index (χ0v) is 9.37. The van der Waals surface area contributed by atoms with Crippen LogP contribution in [0.3, 0.4) is 0 Å². The Kier molecular flexibility index (Phi) is 3.53. The zero-order chi connectivity index (χ0) is 11.5. The highest BCUT2D eigenvalue weighted by atomic mass is 19.1. The molecular formula is C12H17FN2O. The molecular weight excluding hydrogens is 207 g/mol. The molecule has 1 aliphatic heterocycles. The van der Waals surface area contributed by atoms with E-state index in [1.807, 2.05) is 6.92 Å². The summed E-state index contributed by atoms with van der Waals surface area (Å²) in [6.45, 7) is 3.40. The molecule has 0 bridgehead atoms. The van der Waals surface area contributed by atoms with E-state index in [-0.39, 0.29) is 11.9 Å². The van der Waals surface area contributed by atoms with Gasteiger partial charge < -0.3 is 4.74 Å². The molecule has 2 rings (SSSR count). The van der Waals surface area contributed by atoms with Crippen molar-refractivity contribution in [3.63, 3.8) is 0 Å². The van der Waals surface area contributed by atoms with Crippen LogP contribution in [0.25, 0.3) is 0 Å². The van der Waals surface area contributed by atoms with Crippen LogP contribution in [0, 0.1) is 18.7 Å². The Hall–Kier alpha value is -0.970. The maximum atomic E-state index is 13.0. The van der Waals surface area contributed by atoms with E-state index in [0.29, 0.717) is 12.5 Å². The number of hydrazine groups is 1. The smallest absolute Gasteiger partial charge is 0.123 e. The van der Waals surface area contributed by atoms with Gasteiger partial charge in [-0.3, -0.25) is 11.3 Å². The molecule has 16 heavy (non-hydrogen) atoms. The Morgan fingerprint density at radius 2 is 2.38 bits per heavy atom. The lowest BCUT2D eigenvalue weighted by molar-refractivity contribution is 0.176. The molecule has 1 aromatic rings. The fraction of sp³-hybridized carbons (Fsp3) is 0.500. The van der Waals surface area contributed by atoms with Crippen molar-refractivity contribution < 1.29 is 9.13 Å². The first-order valence-electron chi connectivity index (χ1n) is 5.52. The minimum Gasteiger partial charge on any atom is -0.381 e. The second kappa shape index (κ2) is 4.91. The van der Waals surface area contributed by atoms with Gasteiger partial charge >= 0.3 is 0 Å². The standard InChI is InChI=1S/C12H17FN2O/c1-8-6-10(13)2-3-11(8)12(15-14)9-4-5-16-7-9/h2-3,6,9,12,15H,4-5,7,14H2,1H3. The van der Waals surface area contributed by atoms with Gasteiger partial charge in [0.25, 0.3) is 0 Å². The summed E-state index contributed by atoms with van der Waals surface area (Å²) in [5, 5.41) is 0. The van der Waals surface area contributed by atoms with Crippen LogP contribution >= 0.6 is 0 Å². The molecule has 0 radical (unpaired) electrons. The van der Waals surface area contributed by atoms with E-state index >= 15 is 0 Å². The molecule has 0 saturated carbocycles. The quantitative estimate of drug-likeness (QED) is 0.606. The second-order valence-electron chi connectivity index (χ2n) is 4.27. The van der Waals surface area contributed by atoms with E-state index < -0.39 is 0 Å².